The summed E-state index contributed by atoms with van der Waals surface area (Å²) in [6.07, 6.45) is 10.9. The fourth-order valence-electron chi connectivity index (χ4n) is 3.79. The second-order valence-corrected chi connectivity index (χ2v) is 7.76. The highest BCUT2D eigenvalue weighted by Gasteiger charge is 2.27. The smallest absolute Gasteiger partial charge is 0.276 e. The van der Waals surface area contributed by atoms with E-state index in [-0.39, 0.29) is 30.1 Å². The molecule has 2 amide bonds. The normalized spacial score (nSPS) is 20.1. The molecule has 3 N–H and O–H groups in total. The van der Waals surface area contributed by atoms with Gasteiger partial charge in [-0.3, -0.25) is 9.59 Å². The maximum Gasteiger partial charge on any atom is 0.276 e. The first-order chi connectivity index (χ1) is 15.2. The van der Waals surface area contributed by atoms with Gasteiger partial charge in [-0.25, -0.2) is 0 Å². The van der Waals surface area contributed by atoms with Gasteiger partial charge in [-0.2, -0.15) is 4.98 Å². The van der Waals surface area contributed by atoms with Crippen molar-refractivity contribution in [2.24, 2.45) is 16.1 Å². The molecule has 172 valence electrons. The zero-order valence-corrected chi connectivity index (χ0v) is 18.6. The molecule has 0 radical (unpaired) electrons. The molecule has 1 atom stereocenters. The van der Waals surface area contributed by atoms with Crippen LogP contribution in [0.15, 0.2) is 50.4 Å². The van der Waals surface area contributed by atoms with E-state index in [0.717, 1.165) is 43.7 Å². The Morgan fingerprint density at radius 2 is 2.03 bits per heavy atom. The van der Waals surface area contributed by atoms with E-state index in [1.54, 1.807) is 0 Å². The molecular weight excluding hydrogens is 434 g/mol. The number of hydrogen-bond acceptors (Lipinski definition) is 8. The van der Waals surface area contributed by atoms with Gasteiger partial charge in [0, 0.05) is 37.4 Å². The summed E-state index contributed by atoms with van der Waals surface area (Å²) in [5, 5.41) is 21.2. The fraction of sp³-hybridized carbons (Fsp3) is 0.524. The second kappa shape index (κ2) is 11.7. The zero-order valence-electron chi connectivity index (χ0n) is 17.7. The van der Waals surface area contributed by atoms with Crippen molar-refractivity contribution in [2.75, 3.05) is 26.2 Å². The van der Waals surface area contributed by atoms with Crippen LogP contribution in [0.2, 0.25) is 0 Å². The van der Waals surface area contributed by atoms with E-state index in [0.29, 0.717) is 43.6 Å². The number of nitrogens with one attached hydrogen (secondary N) is 3. The van der Waals surface area contributed by atoms with E-state index in [1.165, 1.54) is 0 Å². The lowest BCUT2D eigenvalue weighted by Gasteiger charge is -2.20. The van der Waals surface area contributed by atoms with Crippen molar-refractivity contribution in [3.05, 3.63) is 47.4 Å². The summed E-state index contributed by atoms with van der Waals surface area (Å²) in [4.78, 5) is 28.3. The maximum atomic E-state index is 12.1. The van der Waals surface area contributed by atoms with E-state index < -0.39 is 0 Å². The van der Waals surface area contributed by atoms with Gasteiger partial charge in [-0.15, -0.1) is 22.6 Å². The van der Waals surface area contributed by atoms with E-state index in [4.69, 9.17) is 4.52 Å². The molecule has 11 heteroatoms. The van der Waals surface area contributed by atoms with Gasteiger partial charge in [0.05, 0.1) is 5.92 Å². The number of fused-ring (bicyclic) bond motifs is 1. The molecule has 1 aromatic rings. The summed E-state index contributed by atoms with van der Waals surface area (Å²) in [5.74, 6) is 1.56. The Hall–Kier alpha value is -2.85. The number of rotatable bonds is 9. The number of nitrogens with zero attached hydrogens (tertiary/aromatic N) is 4. The number of halogens is 1. The number of aromatic nitrogens is 2. The van der Waals surface area contributed by atoms with Crippen LogP contribution >= 0.6 is 12.4 Å². The van der Waals surface area contributed by atoms with Crippen molar-refractivity contribution < 1.29 is 14.1 Å². The third-order valence-electron chi connectivity index (χ3n) is 5.54. The van der Waals surface area contributed by atoms with Gasteiger partial charge >= 0.3 is 0 Å². The predicted octanol–water partition coefficient (Wildman–Crippen LogP) is 1.93. The first-order valence-electron chi connectivity index (χ1n) is 10.8. The minimum absolute atomic E-state index is 0. The van der Waals surface area contributed by atoms with Crippen molar-refractivity contribution in [2.45, 2.75) is 38.0 Å². The lowest BCUT2D eigenvalue weighted by atomic mass is 9.93. The van der Waals surface area contributed by atoms with Crippen LogP contribution < -0.4 is 16.0 Å². The summed E-state index contributed by atoms with van der Waals surface area (Å²) < 4.78 is 5.30. The van der Waals surface area contributed by atoms with Crippen molar-refractivity contribution in [1.29, 1.82) is 0 Å². The second-order valence-electron chi connectivity index (χ2n) is 7.76. The molecule has 1 aliphatic carbocycles. The quantitative estimate of drug-likeness (QED) is 0.478. The highest BCUT2D eigenvalue weighted by molar-refractivity contribution is 5.86. The summed E-state index contributed by atoms with van der Waals surface area (Å²) in [6.45, 7) is 3.09. The Labute approximate surface area is 192 Å². The lowest BCUT2D eigenvalue weighted by Crippen LogP contribution is -2.29. The minimum atomic E-state index is -0.357. The average molecular weight is 462 g/mol. The fourth-order valence-corrected chi connectivity index (χ4v) is 3.79. The van der Waals surface area contributed by atoms with Crippen LogP contribution in [0.5, 0.6) is 0 Å². The van der Waals surface area contributed by atoms with Crippen LogP contribution in [0.1, 0.15) is 43.3 Å². The summed E-state index contributed by atoms with van der Waals surface area (Å²) in [6, 6.07) is 0. The number of carbonyl (C=O) groups excluding carboxylic acids is 2. The van der Waals surface area contributed by atoms with Gasteiger partial charge in [0.15, 0.2) is 11.6 Å². The molecule has 0 spiro atoms. The number of amides is 2. The van der Waals surface area contributed by atoms with Gasteiger partial charge in [-0.05, 0) is 32.4 Å². The molecule has 1 unspecified atom stereocenters. The van der Waals surface area contributed by atoms with Crippen molar-refractivity contribution in [3.63, 3.8) is 0 Å². The van der Waals surface area contributed by atoms with Crippen molar-refractivity contribution in [1.82, 2.24) is 26.1 Å². The lowest BCUT2D eigenvalue weighted by molar-refractivity contribution is -0.121. The van der Waals surface area contributed by atoms with Gasteiger partial charge in [0.2, 0.25) is 11.8 Å². The van der Waals surface area contributed by atoms with Crippen LogP contribution in [-0.4, -0.2) is 48.1 Å². The topological polar surface area (TPSA) is 134 Å². The molecule has 1 fully saturated rings. The van der Waals surface area contributed by atoms with Gasteiger partial charge in [-0.1, -0.05) is 29.5 Å². The predicted molar refractivity (Wildman–Crippen MR) is 119 cm³/mol. The monoisotopic (exact) mass is 461 g/mol. The number of carbonyl (C=O) groups is 2. The summed E-state index contributed by atoms with van der Waals surface area (Å²) in [7, 11) is 0. The van der Waals surface area contributed by atoms with Crippen LogP contribution in [0.3, 0.4) is 0 Å². The average Bonchev–Trinajstić information content (AvgIpc) is 3.29. The van der Waals surface area contributed by atoms with Gasteiger partial charge in [0.1, 0.15) is 0 Å². The van der Waals surface area contributed by atoms with Crippen LogP contribution in [0.4, 0.5) is 0 Å². The Morgan fingerprint density at radius 1 is 1.19 bits per heavy atom. The molecule has 4 rings (SSSR count). The molecule has 3 heterocycles. The number of allylic oxidation sites excluding steroid dienone is 3. The van der Waals surface area contributed by atoms with Crippen LogP contribution in [-0.2, 0) is 16.0 Å². The molecule has 10 nitrogen and oxygen atoms in total. The molecule has 0 aromatic carbocycles. The van der Waals surface area contributed by atoms with Crippen molar-refractivity contribution >= 4 is 24.2 Å². The molecule has 32 heavy (non-hydrogen) atoms. The first-order valence-corrected chi connectivity index (χ1v) is 10.8. The molecule has 0 bridgehead atoms. The number of piperidine rings is 1. The van der Waals surface area contributed by atoms with Crippen molar-refractivity contribution in [3.8, 4) is 0 Å². The summed E-state index contributed by atoms with van der Waals surface area (Å²) >= 11 is 0. The van der Waals surface area contributed by atoms with Gasteiger partial charge < -0.3 is 20.5 Å². The molecule has 2 aliphatic heterocycles. The third kappa shape index (κ3) is 6.10. The summed E-state index contributed by atoms with van der Waals surface area (Å²) in [5.41, 5.74) is 0.829. The van der Waals surface area contributed by atoms with Crippen LogP contribution in [0, 0.1) is 5.92 Å². The highest BCUT2D eigenvalue weighted by Crippen LogP contribution is 2.27. The van der Waals surface area contributed by atoms with Gasteiger partial charge in [0.25, 0.3) is 5.91 Å². The number of aryl methyl sites for hydroxylation is 1. The maximum absolute atomic E-state index is 12.1. The standard InChI is InChI=1S/C21H27N7O3.ClH/c29-17(6-7-18-25-19(28-31-18)14-8-12-22-13-9-14)23-10-3-11-24-20-15-4-1-2-5-16(15)21(30)27-26-20;/h1-2,4-5,14,16,22,24H,3,6-13H2,(H,23,29);1H. The van der Waals surface area contributed by atoms with E-state index in [9.17, 15) is 9.59 Å². The molecule has 1 aromatic heterocycles. The van der Waals surface area contributed by atoms with E-state index in [1.807, 2.05) is 24.3 Å². The molecule has 1 saturated heterocycles. The minimum Gasteiger partial charge on any atom is -0.368 e. The molecule has 0 saturated carbocycles. The molecular formula is C21H28ClN7O3. The van der Waals surface area contributed by atoms with E-state index >= 15 is 0 Å². The Bertz CT molecular complexity index is 932. The first kappa shape index (κ1) is 23.8. The van der Waals surface area contributed by atoms with E-state index in [2.05, 4.69) is 36.3 Å². The van der Waals surface area contributed by atoms with Crippen LogP contribution in [0.25, 0.3) is 0 Å². The largest absolute Gasteiger partial charge is 0.368 e. The third-order valence-corrected chi connectivity index (χ3v) is 5.54. The Morgan fingerprint density at radius 3 is 2.88 bits per heavy atom. The number of hydrogen-bond donors (Lipinski definition) is 3. The number of azo groups is 1. The molecule has 3 aliphatic rings. The SMILES string of the molecule is Cl.O=C(CCc1nc(C2CCNCC2)no1)NCCCNC1=C2C=CC=CC2C(=O)N=N1. The Kier molecular flexibility index (Phi) is 8.69. The highest BCUT2D eigenvalue weighted by atomic mass is 35.5. The Balaban J connectivity index is 0.00000289. The zero-order chi connectivity index (χ0) is 21.5.